The smallest absolute Gasteiger partial charge is 0.126 e. The Hall–Kier alpha value is 0.307. The lowest BCUT2D eigenvalue weighted by Crippen LogP contribution is -2.16. The Bertz CT molecular complexity index is 333. The molecule has 0 heterocycles. The third-order valence-electron chi connectivity index (χ3n) is 3.07. The van der Waals surface area contributed by atoms with Crippen LogP contribution in [0.5, 0.6) is 0 Å². The third-order valence-corrected chi connectivity index (χ3v) is 7.07. The number of hydrogen-bond donors (Lipinski definition) is 0. The maximum Gasteiger partial charge on any atom is 0.345 e. The maximum absolute atomic E-state index is 6.03. The molecule has 0 amide bonds. The van der Waals surface area contributed by atoms with E-state index in [-0.39, 0.29) is 11.0 Å². The number of benzene rings is 1. The van der Waals surface area contributed by atoms with Crippen molar-refractivity contribution in [2.45, 2.75) is 24.3 Å². The third kappa shape index (κ3) is 1.83. The maximum atomic E-state index is 6.03. The molecule has 1 aromatic carbocycles. The number of halogens is 3. The summed E-state index contributed by atoms with van der Waals surface area (Å²) in [5.74, 6) is 0. The van der Waals surface area contributed by atoms with E-state index in [1.807, 2.05) is 18.2 Å². The fourth-order valence-electron chi connectivity index (χ4n) is 1.98. The summed E-state index contributed by atoms with van der Waals surface area (Å²) in [6.07, 6.45) is 1.01. The largest absolute Gasteiger partial charge is 0.345 e. The molecule has 0 saturated heterocycles. The number of rotatable bonds is 2. The Morgan fingerprint density at radius 1 is 1.21 bits per heavy atom. The average molecular weight is 266 g/mol. The van der Waals surface area contributed by atoms with E-state index in [0.717, 1.165) is 6.42 Å². The van der Waals surface area contributed by atoms with Crippen molar-refractivity contribution in [3.63, 3.8) is 0 Å². The Morgan fingerprint density at radius 3 is 2.21 bits per heavy atom. The Labute approximate surface area is 99.3 Å². The highest BCUT2D eigenvalue weighted by molar-refractivity contribution is 7.65. The van der Waals surface area contributed by atoms with Gasteiger partial charge in [0.25, 0.3) is 0 Å². The highest BCUT2D eigenvalue weighted by atomic mass is 35.8. The molecular weight excluding hydrogens is 255 g/mol. The Kier molecular flexibility index (Phi) is 2.63. The van der Waals surface area contributed by atoms with E-state index in [1.54, 1.807) is 0 Å². The second-order valence-corrected chi connectivity index (χ2v) is 13.0. The molecule has 0 aromatic heterocycles. The molecular formula is C10H11Cl3Si. The van der Waals surface area contributed by atoms with Crippen molar-refractivity contribution in [2.24, 2.45) is 0 Å². The van der Waals surface area contributed by atoms with Crippen LogP contribution in [-0.2, 0) is 5.41 Å². The molecule has 76 valence electrons. The quantitative estimate of drug-likeness (QED) is 0.550. The molecule has 0 radical (unpaired) electrons. The molecule has 1 aliphatic carbocycles. The summed E-state index contributed by atoms with van der Waals surface area (Å²) in [4.78, 5) is 0. The summed E-state index contributed by atoms with van der Waals surface area (Å²) >= 11 is 18.1. The van der Waals surface area contributed by atoms with Crippen LogP contribution in [0.4, 0.5) is 0 Å². The van der Waals surface area contributed by atoms with E-state index < -0.39 is 6.00 Å². The summed E-state index contributed by atoms with van der Waals surface area (Å²) in [5, 5.41) is 0. The zero-order valence-corrected chi connectivity index (χ0v) is 11.1. The average Bonchev–Trinajstić information content (AvgIpc) is 2.81. The van der Waals surface area contributed by atoms with Gasteiger partial charge < -0.3 is 0 Å². The van der Waals surface area contributed by atoms with E-state index in [1.165, 1.54) is 5.56 Å². The second-order valence-electron chi connectivity index (χ2n) is 4.08. The Morgan fingerprint density at radius 2 is 1.79 bits per heavy atom. The van der Waals surface area contributed by atoms with Gasteiger partial charge in [-0.3, -0.25) is 0 Å². The molecule has 0 nitrogen and oxygen atoms in total. The van der Waals surface area contributed by atoms with Crippen LogP contribution >= 0.6 is 33.2 Å². The van der Waals surface area contributed by atoms with Gasteiger partial charge in [0.1, 0.15) is 0 Å². The molecule has 2 rings (SSSR count). The van der Waals surface area contributed by atoms with Crippen molar-refractivity contribution in [1.82, 2.24) is 0 Å². The zero-order valence-electron chi connectivity index (χ0n) is 7.81. The summed E-state index contributed by atoms with van der Waals surface area (Å²) in [6, 6.07) is 7.79. The van der Waals surface area contributed by atoms with Crippen LogP contribution in [0.1, 0.15) is 18.9 Å². The molecule has 1 unspecified atom stereocenters. The molecule has 1 fully saturated rings. The van der Waals surface area contributed by atoms with Gasteiger partial charge in [0, 0.05) is 5.54 Å². The van der Waals surface area contributed by atoms with Crippen molar-refractivity contribution >= 4 is 39.2 Å². The van der Waals surface area contributed by atoms with Crippen LogP contribution in [-0.4, -0.2) is 6.00 Å². The van der Waals surface area contributed by atoms with Crippen molar-refractivity contribution in [3.05, 3.63) is 35.9 Å². The normalized spacial score (nSPS) is 31.6. The molecule has 0 aliphatic heterocycles. The van der Waals surface area contributed by atoms with Gasteiger partial charge in [0.15, 0.2) is 0 Å². The lowest BCUT2D eigenvalue weighted by atomic mass is 9.99. The van der Waals surface area contributed by atoms with Gasteiger partial charge in [-0.25, -0.2) is 0 Å². The van der Waals surface area contributed by atoms with E-state index in [4.69, 9.17) is 33.2 Å². The van der Waals surface area contributed by atoms with Crippen LogP contribution in [0.15, 0.2) is 30.3 Å². The van der Waals surface area contributed by atoms with E-state index in [2.05, 4.69) is 19.1 Å². The summed E-state index contributed by atoms with van der Waals surface area (Å²) < 4.78 is 0. The van der Waals surface area contributed by atoms with Gasteiger partial charge in [-0.1, -0.05) is 37.3 Å². The van der Waals surface area contributed by atoms with Crippen LogP contribution in [0, 0.1) is 0 Å². The van der Waals surface area contributed by atoms with Crippen LogP contribution in [0.3, 0.4) is 0 Å². The van der Waals surface area contributed by atoms with Gasteiger partial charge >= 0.3 is 6.00 Å². The van der Waals surface area contributed by atoms with E-state index >= 15 is 0 Å². The fraction of sp³-hybridized carbons (Fsp3) is 0.400. The predicted molar refractivity (Wildman–Crippen MR) is 65.5 cm³/mol. The highest BCUT2D eigenvalue weighted by Crippen LogP contribution is 2.66. The Balaban J connectivity index is 2.23. The minimum atomic E-state index is -2.52. The molecule has 14 heavy (non-hydrogen) atoms. The van der Waals surface area contributed by atoms with Crippen molar-refractivity contribution in [2.75, 3.05) is 0 Å². The minimum absolute atomic E-state index is 0.110. The lowest BCUT2D eigenvalue weighted by molar-refractivity contribution is 0.785. The molecule has 0 bridgehead atoms. The van der Waals surface area contributed by atoms with Crippen LogP contribution in [0.2, 0.25) is 5.54 Å². The van der Waals surface area contributed by atoms with Gasteiger partial charge in [-0.2, -0.15) is 0 Å². The minimum Gasteiger partial charge on any atom is -0.126 e. The highest BCUT2D eigenvalue weighted by Gasteiger charge is 2.62. The molecule has 0 spiro atoms. The molecule has 1 aromatic rings. The zero-order chi connectivity index (χ0) is 10.4. The summed E-state index contributed by atoms with van der Waals surface area (Å²) in [6.45, 7) is 2.18. The van der Waals surface area contributed by atoms with Gasteiger partial charge in [-0.15, -0.1) is 33.2 Å². The van der Waals surface area contributed by atoms with E-state index in [9.17, 15) is 0 Å². The first-order chi connectivity index (χ1) is 6.44. The standard InChI is InChI=1S/C10H11Cl3Si/c1-10(7-9(10)14(11,12)13)8-5-3-2-4-6-8/h2-6,9H,7H2,1H3/t9?,10-/m0/s1. The summed E-state index contributed by atoms with van der Waals surface area (Å²) in [7, 11) is 0. The summed E-state index contributed by atoms with van der Waals surface area (Å²) in [5.41, 5.74) is 1.69. The molecule has 2 atom stereocenters. The first kappa shape index (κ1) is 10.8. The van der Waals surface area contributed by atoms with Crippen molar-refractivity contribution < 1.29 is 0 Å². The lowest BCUT2D eigenvalue weighted by Gasteiger charge is -2.14. The first-order valence-electron chi connectivity index (χ1n) is 4.57. The molecule has 1 aliphatic rings. The second kappa shape index (κ2) is 3.41. The molecule has 0 N–H and O–H groups in total. The monoisotopic (exact) mass is 264 g/mol. The van der Waals surface area contributed by atoms with Crippen LogP contribution < -0.4 is 0 Å². The SMILES string of the molecule is C[C@@]1(c2ccccc2)CC1[Si](Cl)(Cl)Cl. The molecule has 4 heteroatoms. The molecule has 1 saturated carbocycles. The van der Waals surface area contributed by atoms with Gasteiger partial charge in [0.2, 0.25) is 0 Å². The van der Waals surface area contributed by atoms with Gasteiger partial charge in [0.05, 0.1) is 0 Å². The van der Waals surface area contributed by atoms with E-state index in [0.29, 0.717) is 0 Å². The topological polar surface area (TPSA) is 0 Å². The predicted octanol–water partition coefficient (Wildman–Crippen LogP) is 4.37. The first-order valence-corrected chi connectivity index (χ1v) is 9.68. The fourth-order valence-corrected chi connectivity index (χ4v) is 6.39. The number of hydrogen-bond acceptors (Lipinski definition) is 0. The van der Waals surface area contributed by atoms with Crippen molar-refractivity contribution in [1.29, 1.82) is 0 Å². The van der Waals surface area contributed by atoms with Crippen molar-refractivity contribution in [3.8, 4) is 0 Å². The van der Waals surface area contributed by atoms with Gasteiger partial charge in [-0.05, 0) is 17.4 Å². The van der Waals surface area contributed by atoms with Crippen LogP contribution in [0.25, 0.3) is 0 Å².